The second-order valence-electron chi connectivity index (χ2n) is 3.44. The van der Waals surface area contributed by atoms with E-state index < -0.39 is 5.91 Å². The van der Waals surface area contributed by atoms with Crippen LogP contribution in [-0.4, -0.2) is 26.2 Å². The van der Waals surface area contributed by atoms with E-state index >= 15 is 0 Å². The van der Waals surface area contributed by atoms with Gasteiger partial charge in [0.1, 0.15) is 11.6 Å². The molecule has 0 saturated heterocycles. The fourth-order valence-corrected chi connectivity index (χ4v) is 1.66. The van der Waals surface area contributed by atoms with Crippen molar-refractivity contribution in [2.45, 2.75) is 0 Å². The normalized spacial score (nSPS) is 10.8. The first-order chi connectivity index (χ1) is 8.69. The Morgan fingerprint density at radius 1 is 1.56 bits per heavy atom. The molecule has 0 saturated carbocycles. The minimum atomic E-state index is -0.398. The van der Waals surface area contributed by atoms with Gasteiger partial charge in [-0.2, -0.15) is 5.26 Å². The Hall–Kier alpha value is -1.64. The van der Waals surface area contributed by atoms with E-state index in [0.29, 0.717) is 13.2 Å². The van der Waals surface area contributed by atoms with Gasteiger partial charge in [0.05, 0.1) is 6.61 Å². The molecule has 1 aromatic carbocycles. The quantitative estimate of drug-likeness (QED) is 0.515. The highest BCUT2D eigenvalue weighted by Crippen LogP contribution is 2.18. The summed E-state index contributed by atoms with van der Waals surface area (Å²) in [6.45, 7) is 0.795. The van der Waals surface area contributed by atoms with Gasteiger partial charge in [-0.15, -0.1) is 0 Å². The maximum absolute atomic E-state index is 11.7. The van der Waals surface area contributed by atoms with Crippen LogP contribution in [0.25, 0.3) is 6.08 Å². The van der Waals surface area contributed by atoms with Gasteiger partial charge < -0.3 is 10.1 Å². The smallest absolute Gasteiger partial charge is 0.262 e. The predicted molar refractivity (Wildman–Crippen MR) is 72.6 cm³/mol. The van der Waals surface area contributed by atoms with Crippen molar-refractivity contribution in [3.63, 3.8) is 0 Å². The van der Waals surface area contributed by atoms with Crippen molar-refractivity contribution >= 4 is 27.9 Å². The zero-order chi connectivity index (χ0) is 13.4. The van der Waals surface area contributed by atoms with Crippen LogP contribution < -0.4 is 5.32 Å². The number of rotatable bonds is 5. The van der Waals surface area contributed by atoms with Crippen molar-refractivity contribution in [2.75, 3.05) is 20.3 Å². The molecule has 0 aromatic heterocycles. The number of methoxy groups -OCH3 is 1. The van der Waals surface area contributed by atoms with E-state index in [2.05, 4.69) is 21.2 Å². The lowest BCUT2D eigenvalue weighted by Gasteiger charge is -2.03. The average Bonchev–Trinajstić information content (AvgIpc) is 2.38. The van der Waals surface area contributed by atoms with Gasteiger partial charge in [0.15, 0.2) is 0 Å². The number of carbonyl (C=O) groups is 1. The van der Waals surface area contributed by atoms with Crippen LogP contribution in [0.15, 0.2) is 34.3 Å². The maximum Gasteiger partial charge on any atom is 0.262 e. The molecule has 0 bridgehead atoms. The molecule has 0 heterocycles. The number of halogens is 1. The largest absolute Gasteiger partial charge is 0.383 e. The number of benzene rings is 1. The second-order valence-corrected chi connectivity index (χ2v) is 4.29. The molecule has 0 aliphatic rings. The summed E-state index contributed by atoms with van der Waals surface area (Å²) >= 11 is 3.36. The Kier molecular flexibility index (Phi) is 6.12. The molecule has 1 rings (SSSR count). The number of nitrogens with one attached hydrogen (secondary N) is 1. The Labute approximate surface area is 114 Å². The number of amides is 1. The molecule has 0 unspecified atom stereocenters. The van der Waals surface area contributed by atoms with Crippen molar-refractivity contribution in [1.29, 1.82) is 5.26 Å². The molecular weight excluding hydrogens is 296 g/mol. The van der Waals surface area contributed by atoms with Crippen LogP contribution in [0.1, 0.15) is 5.56 Å². The van der Waals surface area contributed by atoms with Gasteiger partial charge in [0.25, 0.3) is 5.91 Å². The monoisotopic (exact) mass is 308 g/mol. The molecule has 1 amide bonds. The van der Waals surface area contributed by atoms with E-state index in [1.165, 1.54) is 0 Å². The molecule has 1 aromatic rings. The lowest BCUT2D eigenvalue weighted by Crippen LogP contribution is -2.27. The molecule has 0 spiro atoms. The number of carbonyl (C=O) groups excluding carboxylic acids is 1. The number of nitriles is 1. The third-order valence-corrected chi connectivity index (χ3v) is 2.88. The van der Waals surface area contributed by atoms with Crippen molar-refractivity contribution in [3.8, 4) is 6.07 Å². The summed E-state index contributed by atoms with van der Waals surface area (Å²) in [6, 6.07) is 9.27. The van der Waals surface area contributed by atoms with Gasteiger partial charge in [-0.3, -0.25) is 4.79 Å². The van der Waals surface area contributed by atoms with Gasteiger partial charge in [-0.05, 0) is 17.7 Å². The zero-order valence-corrected chi connectivity index (χ0v) is 11.5. The van der Waals surface area contributed by atoms with Crippen LogP contribution in [0, 0.1) is 11.3 Å². The standard InChI is InChI=1S/C13H13BrN2O2/c1-18-7-6-16-13(17)11(9-15)8-10-4-2-3-5-12(10)14/h2-5,8H,6-7H2,1H3,(H,16,17). The van der Waals surface area contributed by atoms with Crippen molar-refractivity contribution in [3.05, 3.63) is 39.9 Å². The average molecular weight is 309 g/mol. The predicted octanol–water partition coefficient (Wildman–Crippen LogP) is 2.12. The highest BCUT2D eigenvalue weighted by Gasteiger charge is 2.08. The van der Waals surface area contributed by atoms with Gasteiger partial charge in [0, 0.05) is 18.1 Å². The molecule has 0 fully saturated rings. The van der Waals surface area contributed by atoms with E-state index in [-0.39, 0.29) is 5.57 Å². The first kappa shape index (κ1) is 14.4. The molecular formula is C13H13BrN2O2. The number of nitrogens with zero attached hydrogens (tertiary/aromatic N) is 1. The highest BCUT2D eigenvalue weighted by atomic mass is 79.9. The van der Waals surface area contributed by atoms with Crippen LogP contribution in [0.3, 0.4) is 0 Å². The van der Waals surface area contributed by atoms with Gasteiger partial charge in [-0.1, -0.05) is 34.1 Å². The van der Waals surface area contributed by atoms with Crippen LogP contribution in [0.5, 0.6) is 0 Å². The van der Waals surface area contributed by atoms with E-state index in [9.17, 15) is 4.79 Å². The Morgan fingerprint density at radius 3 is 2.89 bits per heavy atom. The third kappa shape index (κ3) is 4.32. The van der Waals surface area contributed by atoms with E-state index in [0.717, 1.165) is 10.0 Å². The van der Waals surface area contributed by atoms with Crippen LogP contribution in [0.4, 0.5) is 0 Å². The van der Waals surface area contributed by atoms with E-state index in [1.807, 2.05) is 30.3 Å². The molecule has 18 heavy (non-hydrogen) atoms. The van der Waals surface area contributed by atoms with E-state index in [1.54, 1.807) is 13.2 Å². The van der Waals surface area contributed by atoms with Crippen molar-refractivity contribution in [1.82, 2.24) is 5.32 Å². The molecule has 0 aliphatic heterocycles. The van der Waals surface area contributed by atoms with Crippen LogP contribution in [0.2, 0.25) is 0 Å². The first-order valence-electron chi connectivity index (χ1n) is 5.32. The van der Waals surface area contributed by atoms with Gasteiger partial charge >= 0.3 is 0 Å². The Bertz CT molecular complexity index is 492. The summed E-state index contributed by atoms with van der Waals surface area (Å²) in [5.41, 5.74) is 0.856. The minimum absolute atomic E-state index is 0.0676. The maximum atomic E-state index is 11.7. The SMILES string of the molecule is COCCNC(=O)C(C#N)=Cc1ccccc1Br. The molecule has 5 heteroatoms. The molecule has 0 aliphatic carbocycles. The summed E-state index contributed by atoms with van der Waals surface area (Å²) in [6.07, 6.45) is 1.55. The zero-order valence-electron chi connectivity index (χ0n) is 9.94. The summed E-state index contributed by atoms with van der Waals surface area (Å²) < 4.78 is 5.65. The highest BCUT2D eigenvalue weighted by molar-refractivity contribution is 9.10. The van der Waals surface area contributed by atoms with Gasteiger partial charge in [-0.25, -0.2) is 0 Å². The molecule has 1 N–H and O–H groups in total. The van der Waals surface area contributed by atoms with E-state index in [4.69, 9.17) is 10.00 Å². The third-order valence-electron chi connectivity index (χ3n) is 2.16. The molecule has 0 atom stereocenters. The molecule has 0 radical (unpaired) electrons. The van der Waals surface area contributed by atoms with Crippen LogP contribution in [-0.2, 0) is 9.53 Å². The Balaban J connectivity index is 2.81. The fourth-order valence-electron chi connectivity index (χ4n) is 1.26. The number of hydrogen-bond donors (Lipinski definition) is 1. The summed E-state index contributed by atoms with van der Waals surface area (Å²) in [7, 11) is 1.55. The number of hydrogen-bond acceptors (Lipinski definition) is 3. The lowest BCUT2D eigenvalue weighted by atomic mass is 10.1. The lowest BCUT2D eigenvalue weighted by molar-refractivity contribution is -0.117. The molecule has 94 valence electrons. The Morgan fingerprint density at radius 2 is 2.28 bits per heavy atom. The topological polar surface area (TPSA) is 62.1 Å². The summed E-state index contributed by atoms with van der Waals surface area (Å²) in [5.74, 6) is -0.398. The summed E-state index contributed by atoms with van der Waals surface area (Å²) in [4.78, 5) is 11.7. The van der Waals surface area contributed by atoms with Crippen molar-refractivity contribution in [2.24, 2.45) is 0 Å². The molecule has 4 nitrogen and oxygen atoms in total. The van der Waals surface area contributed by atoms with Crippen LogP contribution >= 0.6 is 15.9 Å². The fraction of sp³-hybridized carbons (Fsp3) is 0.231. The number of ether oxygens (including phenoxy) is 1. The first-order valence-corrected chi connectivity index (χ1v) is 6.11. The van der Waals surface area contributed by atoms with Gasteiger partial charge in [0.2, 0.25) is 0 Å². The summed E-state index contributed by atoms with van der Waals surface area (Å²) in [5, 5.41) is 11.6. The van der Waals surface area contributed by atoms with Crippen molar-refractivity contribution < 1.29 is 9.53 Å². The second kappa shape index (κ2) is 7.64. The minimum Gasteiger partial charge on any atom is -0.383 e.